The fourth-order valence-electron chi connectivity index (χ4n) is 0.474. The van der Waals surface area contributed by atoms with Crippen molar-refractivity contribution in [2.45, 2.75) is 0 Å². The molecule has 0 atom stereocenters. The zero-order valence-electron chi connectivity index (χ0n) is 6.06. The van der Waals surface area contributed by atoms with E-state index in [1.165, 1.54) is 0 Å². The number of rotatable bonds is 1. The second-order valence-corrected chi connectivity index (χ2v) is 1.94. The average molecular weight is 199 g/mol. The van der Waals surface area contributed by atoms with Crippen molar-refractivity contribution >= 4 is 46.8 Å². The summed E-state index contributed by atoms with van der Waals surface area (Å²) >= 11 is 5.22. The van der Waals surface area contributed by atoms with Crippen LogP contribution in [0.25, 0.3) is 0 Å². The Bertz CT molecular complexity index is 308. The molecular formula is C4H2ClN3NaO3. The molecule has 1 N–H and O–H groups in total. The summed E-state index contributed by atoms with van der Waals surface area (Å²) in [6, 6.07) is 0. The molecule has 1 aromatic heterocycles. The predicted molar refractivity (Wildman–Crippen MR) is 41.1 cm³/mol. The molecule has 0 aliphatic heterocycles. The van der Waals surface area contributed by atoms with Crippen LogP contribution < -0.4 is 0 Å². The molecular weight excluding hydrogens is 197 g/mol. The quantitative estimate of drug-likeness (QED) is 0.305. The van der Waals surface area contributed by atoms with Crippen LogP contribution >= 0.6 is 11.6 Å². The summed E-state index contributed by atoms with van der Waals surface area (Å²) < 4.78 is 0. The third-order valence-electron chi connectivity index (χ3n) is 0.917. The Labute approximate surface area is 94.0 Å². The number of hydrogen-bond acceptors (Lipinski definition) is 5. The van der Waals surface area contributed by atoms with E-state index in [0.29, 0.717) is 0 Å². The van der Waals surface area contributed by atoms with E-state index in [1.54, 1.807) is 0 Å². The molecule has 0 spiro atoms. The molecule has 8 heteroatoms. The van der Waals surface area contributed by atoms with Gasteiger partial charge in [-0.2, -0.15) is 4.98 Å². The molecule has 1 rings (SSSR count). The zero-order valence-corrected chi connectivity index (χ0v) is 8.82. The summed E-state index contributed by atoms with van der Waals surface area (Å²) in [5.74, 6) is -0.727. The van der Waals surface area contributed by atoms with Crippen molar-refractivity contribution in [3.8, 4) is 5.88 Å². The van der Waals surface area contributed by atoms with Gasteiger partial charge in [0.05, 0.1) is 4.92 Å². The van der Waals surface area contributed by atoms with Gasteiger partial charge >= 0.3 is 5.69 Å². The molecule has 0 aliphatic rings. The minimum absolute atomic E-state index is 0. The Kier molecular flexibility index (Phi) is 4.40. The first kappa shape index (κ1) is 11.6. The predicted octanol–water partition coefficient (Wildman–Crippen LogP) is 0.363. The van der Waals surface area contributed by atoms with Crippen molar-refractivity contribution in [1.29, 1.82) is 0 Å². The molecule has 1 radical (unpaired) electrons. The van der Waals surface area contributed by atoms with E-state index < -0.39 is 16.5 Å². The van der Waals surface area contributed by atoms with Crippen LogP contribution in [0.2, 0.25) is 5.28 Å². The van der Waals surface area contributed by atoms with Crippen LogP contribution in [0, 0.1) is 10.1 Å². The second kappa shape index (κ2) is 4.56. The number of nitro groups is 1. The molecule has 1 heterocycles. The monoisotopic (exact) mass is 198 g/mol. The maximum atomic E-state index is 10.1. The van der Waals surface area contributed by atoms with Gasteiger partial charge in [0.15, 0.2) is 0 Å². The summed E-state index contributed by atoms with van der Waals surface area (Å²) in [5.41, 5.74) is -0.561. The Morgan fingerprint density at radius 1 is 1.67 bits per heavy atom. The third kappa shape index (κ3) is 2.56. The van der Waals surface area contributed by atoms with Gasteiger partial charge in [-0.25, -0.2) is 4.98 Å². The fraction of sp³-hybridized carbons (Fsp3) is 0. The zero-order chi connectivity index (χ0) is 8.43. The van der Waals surface area contributed by atoms with Crippen molar-refractivity contribution in [3.63, 3.8) is 0 Å². The van der Waals surface area contributed by atoms with Gasteiger partial charge in [0.2, 0.25) is 5.28 Å². The molecule has 0 fully saturated rings. The summed E-state index contributed by atoms with van der Waals surface area (Å²) in [4.78, 5) is 15.7. The van der Waals surface area contributed by atoms with Crippen LogP contribution in [0.15, 0.2) is 6.20 Å². The summed E-state index contributed by atoms with van der Waals surface area (Å²) in [6.45, 7) is 0. The van der Waals surface area contributed by atoms with Crippen molar-refractivity contribution in [2.75, 3.05) is 0 Å². The Balaban J connectivity index is 0.00000121. The van der Waals surface area contributed by atoms with Crippen LogP contribution in [0.1, 0.15) is 0 Å². The number of halogens is 1. The maximum Gasteiger partial charge on any atom is 0.348 e. The first-order valence-corrected chi connectivity index (χ1v) is 2.85. The standard InChI is InChI=1S/C4H2ClN3O3.Na/c5-4-6-1-2(8(10)11)3(9)7-4;/h1H,(H,6,7,9);. The van der Waals surface area contributed by atoms with Gasteiger partial charge < -0.3 is 5.11 Å². The molecule has 12 heavy (non-hydrogen) atoms. The maximum absolute atomic E-state index is 10.1. The van der Waals surface area contributed by atoms with Crippen LogP contribution in [-0.4, -0.2) is 49.6 Å². The van der Waals surface area contributed by atoms with Gasteiger partial charge in [-0.3, -0.25) is 10.1 Å². The van der Waals surface area contributed by atoms with Gasteiger partial charge in [0, 0.05) is 29.6 Å². The van der Waals surface area contributed by atoms with Crippen molar-refractivity contribution in [2.24, 2.45) is 0 Å². The van der Waals surface area contributed by atoms with Crippen LogP contribution in [0.4, 0.5) is 5.69 Å². The number of aromatic nitrogens is 2. The van der Waals surface area contributed by atoms with Gasteiger partial charge in [0.1, 0.15) is 6.20 Å². The normalized spacial score (nSPS) is 8.75. The molecule has 0 saturated heterocycles. The number of nitrogens with zero attached hydrogens (tertiary/aromatic N) is 3. The first-order chi connectivity index (χ1) is 5.11. The van der Waals surface area contributed by atoms with E-state index in [-0.39, 0.29) is 34.8 Å². The Morgan fingerprint density at radius 3 is 2.67 bits per heavy atom. The van der Waals surface area contributed by atoms with Crippen LogP contribution in [-0.2, 0) is 0 Å². The number of hydrogen-bond donors (Lipinski definition) is 1. The molecule has 59 valence electrons. The van der Waals surface area contributed by atoms with Crippen LogP contribution in [0.5, 0.6) is 5.88 Å². The van der Waals surface area contributed by atoms with Gasteiger partial charge in [-0.15, -0.1) is 0 Å². The third-order valence-corrected chi connectivity index (χ3v) is 1.10. The van der Waals surface area contributed by atoms with Gasteiger partial charge in [0.25, 0.3) is 5.88 Å². The average Bonchev–Trinajstić information content (AvgIpc) is 1.85. The Hall–Kier alpha value is -0.430. The molecule has 0 amide bonds. The van der Waals surface area contributed by atoms with E-state index in [4.69, 9.17) is 16.7 Å². The van der Waals surface area contributed by atoms with Gasteiger partial charge in [-0.05, 0) is 11.6 Å². The second-order valence-electron chi connectivity index (χ2n) is 1.60. The fourth-order valence-corrected chi connectivity index (χ4v) is 0.603. The van der Waals surface area contributed by atoms with Crippen molar-refractivity contribution < 1.29 is 10.0 Å². The van der Waals surface area contributed by atoms with Crippen molar-refractivity contribution in [3.05, 3.63) is 21.6 Å². The smallest absolute Gasteiger partial charge is 0.348 e. The SMILES string of the molecule is O=[N+]([O-])c1cnc(Cl)nc1O.[Na]. The van der Waals surface area contributed by atoms with Gasteiger partial charge in [-0.1, -0.05) is 0 Å². The molecule has 1 aromatic rings. The van der Waals surface area contributed by atoms with Crippen LogP contribution in [0.3, 0.4) is 0 Å². The molecule has 0 saturated carbocycles. The minimum atomic E-state index is -0.800. The molecule has 0 unspecified atom stereocenters. The van der Waals surface area contributed by atoms with E-state index in [9.17, 15) is 10.1 Å². The van der Waals surface area contributed by atoms with E-state index in [1.807, 2.05) is 0 Å². The first-order valence-electron chi connectivity index (χ1n) is 2.47. The number of aromatic hydroxyl groups is 1. The van der Waals surface area contributed by atoms with E-state index in [0.717, 1.165) is 6.20 Å². The molecule has 0 aromatic carbocycles. The Morgan fingerprint density at radius 2 is 2.25 bits per heavy atom. The molecule has 0 aliphatic carbocycles. The van der Waals surface area contributed by atoms with E-state index in [2.05, 4.69) is 9.97 Å². The summed E-state index contributed by atoms with van der Waals surface area (Å²) in [5, 5.41) is 18.6. The molecule has 0 bridgehead atoms. The minimum Gasteiger partial charge on any atom is -0.488 e. The van der Waals surface area contributed by atoms with E-state index >= 15 is 0 Å². The topological polar surface area (TPSA) is 89.2 Å². The summed E-state index contributed by atoms with van der Waals surface area (Å²) in [7, 11) is 0. The largest absolute Gasteiger partial charge is 0.488 e. The van der Waals surface area contributed by atoms with Crippen molar-refractivity contribution in [1.82, 2.24) is 9.97 Å². The molecule has 6 nitrogen and oxygen atoms in total. The summed E-state index contributed by atoms with van der Waals surface area (Å²) in [6.07, 6.45) is 0.838.